The molecule has 2 aliphatic rings. The number of aliphatic hydroxyl groups excluding tert-OH is 7. The second kappa shape index (κ2) is 8.32. The Kier molecular flexibility index (Phi) is 6.90. The lowest BCUT2D eigenvalue weighted by Crippen LogP contribution is -2.60. The largest absolute Gasteiger partial charge is 0.394 e. The molecule has 24 heavy (non-hydrogen) atoms. The second-order valence-electron chi connectivity index (χ2n) is 6.20. The fourth-order valence-electron chi connectivity index (χ4n) is 3.10. The molecule has 0 radical (unpaired) electrons. The van der Waals surface area contributed by atoms with Crippen molar-refractivity contribution in [2.45, 2.75) is 74.1 Å². The van der Waals surface area contributed by atoms with Gasteiger partial charge in [0.1, 0.15) is 42.7 Å². The first kappa shape index (κ1) is 19.9. The molecule has 2 rings (SSSR count). The smallest absolute Gasteiger partial charge is 0.186 e. The molecular weight excluding hydrogens is 328 g/mol. The van der Waals surface area contributed by atoms with Gasteiger partial charge in [-0.3, -0.25) is 0 Å². The van der Waals surface area contributed by atoms with E-state index in [9.17, 15) is 30.6 Å². The molecule has 7 N–H and O–H groups in total. The van der Waals surface area contributed by atoms with Crippen molar-refractivity contribution in [1.29, 1.82) is 0 Å². The summed E-state index contributed by atoms with van der Waals surface area (Å²) >= 11 is 0. The van der Waals surface area contributed by atoms with E-state index in [2.05, 4.69) is 0 Å². The molecule has 142 valence electrons. The van der Waals surface area contributed by atoms with Crippen molar-refractivity contribution in [3.63, 3.8) is 0 Å². The summed E-state index contributed by atoms with van der Waals surface area (Å²) < 4.78 is 15.6. The van der Waals surface area contributed by atoms with Crippen LogP contribution in [0, 0.1) is 0 Å². The van der Waals surface area contributed by atoms with Crippen LogP contribution in [0.2, 0.25) is 0 Å². The molecule has 0 amide bonds. The second-order valence-corrected chi connectivity index (χ2v) is 6.20. The van der Waals surface area contributed by atoms with Gasteiger partial charge in [0.05, 0.1) is 18.8 Å². The molecule has 10 nitrogen and oxygen atoms in total. The van der Waals surface area contributed by atoms with Crippen molar-refractivity contribution in [2.75, 3.05) is 13.7 Å². The first-order valence-corrected chi connectivity index (χ1v) is 7.84. The zero-order valence-corrected chi connectivity index (χ0v) is 13.3. The molecule has 0 aromatic heterocycles. The van der Waals surface area contributed by atoms with Gasteiger partial charge >= 0.3 is 0 Å². The van der Waals surface area contributed by atoms with E-state index < -0.39 is 67.8 Å². The minimum absolute atomic E-state index is 0.114. The first-order valence-electron chi connectivity index (χ1n) is 7.84. The van der Waals surface area contributed by atoms with E-state index in [0.717, 1.165) is 0 Å². The maximum absolute atomic E-state index is 9.99. The van der Waals surface area contributed by atoms with Gasteiger partial charge in [-0.05, 0) is 12.8 Å². The Morgan fingerprint density at radius 2 is 1.12 bits per heavy atom. The van der Waals surface area contributed by atoms with Gasteiger partial charge in [-0.1, -0.05) is 0 Å². The van der Waals surface area contributed by atoms with Crippen LogP contribution in [0.5, 0.6) is 0 Å². The SMILES string of the molecule is CO[C@H]1O[C@H](CC[C@@H]2O[C@H](CO)[C@@H](O)[C@H](O)[C@H]2O)[C@@H](O)[C@H](O)[C@@H]1O. The van der Waals surface area contributed by atoms with Gasteiger partial charge in [0.2, 0.25) is 0 Å². The van der Waals surface area contributed by atoms with Crippen LogP contribution in [0.25, 0.3) is 0 Å². The van der Waals surface area contributed by atoms with E-state index in [4.69, 9.17) is 19.3 Å². The number of rotatable bonds is 5. The lowest BCUT2D eigenvalue weighted by Gasteiger charge is -2.42. The van der Waals surface area contributed by atoms with Gasteiger partial charge in [0.15, 0.2) is 6.29 Å². The van der Waals surface area contributed by atoms with Gasteiger partial charge in [-0.25, -0.2) is 0 Å². The van der Waals surface area contributed by atoms with Gasteiger partial charge in [-0.15, -0.1) is 0 Å². The maximum atomic E-state index is 9.99. The van der Waals surface area contributed by atoms with E-state index >= 15 is 0 Å². The zero-order chi connectivity index (χ0) is 18.0. The quantitative estimate of drug-likeness (QED) is 0.259. The third kappa shape index (κ3) is 3.88. The van der Waals surface area contributed by atoms with Crippen molar-refractivity contribution in [1.82, 2.24) is 0 Å². The van der Waals surface area contributed by atoms with Gasteiger partial charge < -0.3 is 50.0 Å². The van der Waals surface area contributed by atoms with Crippen molar-refractivity contribution >= 4 is 0 Å². The molecule has 2 fully saturated rings. The summed E-state index contributed by atoms with van der Waals surface area (Å²) in [5.74, 6) is 0. The minimum atomic E-state index is -1.47. The molecule has 0 aromatic carbocycles. The lowest BCUT2D eigenvalue weighted by atomic mass is 9.90. The standard InChI is InChI=1S/C14H26O10/c1-22-14-13(21)12(20)9(17)6(24-14)3-2-5-8(16)11(19)10(18)7(4-15)23-5/h5-21H,2-4H2,1H3/t5-,6+,7+,8-,9+,10+,11+,12-,13-,14-/m0/s1. The Balaban J connectivity index is 1.96. The van der Waals surface area contributed by atoms with E-state index in [1.54, 1.807) is 0 Å². The lowest BCUT2D eigenvalue weighted by molar-refractivity contribution is -0.293. The summed E-state index contributed by atoms with van der Waals surface area (Å²) in [6.45, 7) is -0.527. The number of methoxy groups -OCH3 is 1. The van der Waals surface area contributed by atoms with Gasteiger partial charge in [-0.2, -0.15) is 0 Å². The van der Waals surface area contributed by atoms with Crippen LogP contribution < -0.4 is 0 Å². The highest BCUT2D eigenvalue weighted by Gasteiger charge is 2.46. The highest BCUT2D eigenvalue weighted by molar-refractivity contribution is 4.94. The monoisotopic (exact) mass is 354 g/mol. The summed E-state index contributed by atoms with van der Waals surface area (Å²) in [4.78, 5) is 0. The number of ether oxygens (including phenoxy) is 3. The van der Waals surface area contributed by atoms with Crippen molar-refractivity contribution < 1.29 is 50.0 Å². The van der Waals surface area contributed by atoms with Crippen LogP contribution >= 0.6 is 0 Å². The van der Waals surface area contributed by atoms with Crippen LogP contribution in [0.15, 0.2) is 0 Å². The topological polar surface area (TPSA) is 169 Å². The average molecular weight is 354 g/mol. The molecule has 0 bridgehead atoms. The molecule has 10 atom stereocenters. The van der Waals surface area contributed by atoms with E-state index in [1.165, 1.54) is 7.11 Å². The Labute approximate surface area is 138 Å². The molecule has 2 aliphatic heterocycles. The Morgan fingerprint density at radius 3 is 1.62 bits per heavy atom. The predicted octanol–water partition coefficient (Wildman–Crippen LogP) is -3.94. The van der Waals surface area contributed by atoms with E-state index in [0.29, 0.717) is 0 Å². The molecule has 0 unspecified atom stereocenters. The molecule has 2 heterocycles. The van der Waals surface area contributed by atoms with Crippen LogP contribution in [-0.2, 0) is 14.2 Å². The van der Waals surface area contributed by atoms with E-state index in [1.807, 2.05) is 0 Å². The Hall–Kier alpha value is -0.400. The molecular formula is C14H26O10. The highest BCUT2D eigenvalue weighted by atomic mass is 16.7. The van der Waals surface area contributed by atoms with Crippen LogP contribution in [0.3, 0.4) is 0 Å². The fraction of sp³-hybridized carbons (Fsp3) is 1.00. The summed E-state index contributed by atoms with van der Waals surface area (Å²) in [5, 5.41) is 68.1. The number of aliphatic hydroxyl groups is 7. The fourth-order valence-corrected chi connectivity index (χ4v) is 3.10. The zero-order valence-electron chi connectivity index (χ0n) is 13.3. The minimum Gasteiger partial charge on any atom is -0.394 e. The first-order chi connectivity index (χ1) is 11.3. The summed E-state index contributed by atoms with van der Waals surface area (Å²) in [6, 6.07) is 0. The molecule has 0 aliphatic carbocycles. The predicted molar refractivity (Wildman–Crippen MR) is 76.7 cm³/mol. The summed E-state index contributed by atoms with van der Waals surface area (Å²) in [5.41, 5.74) is 0. The van der Waals surface area contributed by atoms with Crippen molar-refractivity contribution in [3.8, 4) is 0 Å². The Bertz CT molecular complexity index is 356. The molecule has 0 aromatic rings. The van der Waals surface area contributed by atoms with Crippen molar-refractivity contribution in [2.24, 2.45) is 0 Å². The number of hydrogen-bond acceptors (Lipinski definition) is 10. The molecule has 0 spiro atoms. The van der Waals surface area contributed by atoms with Crippen LogP contribution in [0.1, 0.15) is 12.8 Å². The molecule has 0 saturated carbocycles. The van der Waals surface area contributed by atoms with Crippen molar-refractivity contribution in [3.05, 3.63) is 0 Å². The van der Waals surface area contributed by atoms with Gasteiger partial charge in [0.25, 0.3) is 0 Å². The van der Waals surface area contributed by atoms with Gasteiger partial charge in [0, 0.05) is 7.11 Å². The molecule has 2 saturated heterocycles. The van der Waals surface area contributed by atoms with Crippen LogP contribution in [-0.4, -0.2) is 111 Å². The average Bonchev–Trinajstić information content (AvgIpc) is 2.58. The maximum Gasteiger partial charge on any atom is 0.186 e. The highest BCUT2D eigenvalue weighted by Crippen LogP contribution is 2.28. The van der Waals surface area contributed by atoms with Crippen LogP contribution in [0.4, 0.5) is 0 Å². The summed E-state index contributed by atoms with van der Waals surface area (Å²) in [7, 11) is 1.28. The Morgan fingerprint density at radius 1 is 0.667 bits per heavy atom. The van der Waals surface area contributed by atoms with E-state index in [-0.39, 0.29) is 12.8 Å². The number of hydrogen-bond donors (Lipinski definition) is 7. The third-order valence-corrected chi connectivity index (χ3v) is 4.63. The normalized spacial score (nSPS) is 50.0. The molecule has 10 heteroatoms. The third-order valence-electron chi connectivity index (χ3n) is 4.63. The summed E-state index contributed by atoms with van der Waals surface area (Å²) in [6.07, 6.45) is -12.2.